The standard InChI is InChI=1S/C33H40O10/c1-24(2)32(36)42-20-10-8-6-5-7-9-19-40-28-15-13-27(14-16-28)33(37)43-29-17-11-26(23-30(29)38-4)12-18-31(35)41-22-21-39-25(3)34/h11-18,23H,1,5-10,19-22H2,2-4H3/b18-12+. The second-order valence-electron chi connectivity index (χ2n) is 9.55. The number of benzene rings is 2. The molecule has 2 aromatic carbocycles. The lowest BCUT2D eigenvalue weighted by Gasteiger charge is -2.11. The number of esters is 4. The summed E-state index contributed by atoms with van der Waals surface area (Å²) in [6, 6.07) is 11.6. The van der Waals surface area contributed by atoms with E-state index in [2.05, 4.69) is 6.58 Å². The average molecular weight is 597 g/mol. The summed E-state index contributed by atoms with van der Waals surface area (Å²) < 4.78 is 31.4. The van der Waals surface area contributed by atoms with Gasteiger partial charge in [0.1, 0.15) is 19.0 Å². The molecule has 0 fully saturated rings. The van der Waals surface area contributed by atoms with Crippen LogP contribution in [0.4, 0.5) is 0 Å². The van der Waals surface area contributed by atoms with Crippen molar-refractivity contribution in [2.24, 2.45) is 0 Å². The first-order chi connectivity index (χ1) is 20.7. The Bertz CT molecular complexity index is 1250. The Morgan fingerprint density at radius 1 is 0.744 bits per heavy atom. The molecule has 0 aromatic heterocycles. The summed E-state index contributed by atoms with van der Waals surface area (Å²) in [4.78, 5) is 46.5. The molecule has 2 aromatic rings. The molecule has 10 heteroatoms. The van der Waals surface area contributed by atoms with E-state index < -0.39 is 17.9 Å². The van der Waals surface area contributed by atoms with E-state index in [1.54, 1.807) is 49.4 Å². The third kappa shape index (κ3) is 14.2. The average Bonchev–Trinajstić information content (AvgIpc) is 2.99. The highest BCUT2D eigenvalue weighted by Crippen LogP contribution is 2.29. The van der Waals surface area contributed by atoms with Crippen LogP contribution in [-0.4, -0.2) is 57.4 Å². The summed E-state index contributed by atoms with van der Waals surface area (Å²) in [5.74, 6) is -0.743. The third-order valence-electron chi connectivity index (χ3n) is 5.91. The topological polar surface area (TPSA) is 124 Å². The van der Waals surface area contributed by atoms with Gasteiger partial charge in [-0.05, 0) is 67.8 Å². The first kappa shape index (κ1) is 34.6. The zero-order valence-corrected chi connectivity index (χ0v) is 25.1. The van der Waals surface area contributed by atoms with E-state index >= 15 is 0 Å². The molecule has 0 saturated carbocycles. The number of unbranched alkanes of at least 4 members (excludes halogenated alkanes) is 5. The van der Waals surface area contributed by atoms with Gasteiger partial charge in [-0.1, -0.05) is 38.3 Å². The predicted molar refractivity (Wildman–Crippen MR) is 160 cm³/mol. The molecule has 0 amide bonds. The minimum absolute atomic E-state index is 0.0142. The van der Waals surface area contributed by atoms with Crippen molar-refractivity contribution in [1.82, 2.24) is 0 Å². The lowest BCUT2D eigenvalue weighted by atomic mass is 10.1. The van der Waals surface area contributed by atoms with Crippen molar-refractivity contribution in [2.45, 2.75) is 52.4 Å². The van der Waals surface area contributed by atoms with Gasteiger partial charge in [-0.2, -0.15) is 0 Å². The zero-order valence-electron chi connectivity index (χ0n) is 25.1. The van der Waals surface area contributed by atoms with Gasteiger partial charge in [0.25, 0.3) is 0 Å². The quantitative estimate of drug-likeness (QED) is 0.0639. The Morgan fingerprint density at radius 2 is 1.40 bits per heavy atom. The zero-order chi connectivity index (χ0) is 31.5. The summed E-state index contributed by atoms with van der Waals surface area (Å²) in [6.07, 6.45) is 8.70. The van der Waals surface area contributed by atoms with Gasteiger partial charge >= 0.3 is 23.9 Å². The minimum atomic E-state index is -0.596. The van der Waals surface area contributed by atoms with Crippen molar-refractivity contribution in [3.8, 4) is 17.2 Å². The van der Waals surface area contributed by atoms with Crippen molar-refractivity contribution in [3.63, 3.8) is 0 Å². The first-order valence-electron chi connectivity index (χ1n) is 14.1. The van der Waals surface area contributed by atoms with Gasteiger partial charge < -0.3 is 28.4 Å². The van der Waals surface area contributed by atoms with Crippen molar-refractivity contribution in [1.29, 1.82) is 0 Å². The van der Waals surface area contributed by atoms with Gasteiger partial charge in [0.15, 0.2) is 11.5 Å². The summed E-state index contributed by atoms with van der Waals surface area (Å²) >= 11 is 0. The van der Waals surface area contributed by atoms with E-state index in [-0.39, 0.29) is 24.9 Å². The van der Waals surface area contributed by atoms with Crippen molar-refractivity contribution in [3.05, 3.63) is 71.8 Å². The molecule has 0 bridgehead atoms. The molecule has 232 valence electrons. The lowest BCUT2D eigenvalue weighted by Crippen LogP contribution is -2.10. The molecule has 2 rings (SSSR count). The molecule has 43 heavy (non-hydrogen) atoms. The molecule has 0 N–H and O–H groups in total. The molecule has 10 nitrogen and oxygen atoms in total. The van der Waals surface area contributed by atoms with Crippen LogP contribution in [0, 0.1) is 0 Å². The fourth-order valence-corrected chi connectivity index (χ4v) is 3.65. The number of ether oxygens (including phenoxy) is 6. The lowest BCUT2D eigenvalue weighted by molar-refractivity contribution is -0.147. The van der Waals surface area contributed by atoms with Gasteiger partial charge in [0.05, 0.1) is 25.9 Å². The molecule has 0 spiro atoms. The van der Waals surface area contributed by atoms with Gasteiger partial charge in [0.2, 0.25) is 0 Å². The Labute approximate surface area is 252 Å². The highest BCUT2D eigenvalue weighted by atomic mass is 16.6. The summed E-state index contributed by atoms with van der Waals surface area (Å²) in [7, 11) is 1.44. The third-order valence-corrected chi connectivity index (χ3v) is 5.91. The fraction of sp³-hybridized carbons (Fsp3) is 0.394. The van der Waals surface area contributed by atoms with E-state index in [0.717, 1.165) is 38.5 Å². The van der Waals surface area contributed by atoms with E-state index in [1.807, 2.05) is 0 Å². The van der Waals surface area contributed by atoms with Gasteiger partial charge in [-0.15, -0.1) is 0 Å². The van der Waals surface area contributed by atoms with Crippen LogP contribution in [0.1, 0.15) is 68.3 Å². The smallest absolute Gasteiger partial charge is 0.343 e. The maximum Gasteiger partial charge on any atom is 0.343 e. The number of methoxy groups -OCH3 is 1. The highest BCUT2D eigenvalue weighted by molar-refractivity contribution is 5.91. The van der Waals surface area contributed by atoms with Crippen molar-refractivity contribution < 1.29 is 47.6 Å². The van der Waals surface area contributed by atoms with Gasteiger partial charge in [-0.25, -0.2) is 14.4 Å². The molecule has 0 atom stereocenters. The molecular weight excluding hydrogens is 556 g/mol. The monoisotopic (exact) mass is 596 g/mol. The predicted octanol–water partition coefficient (Wildman–Crippen LogP) is 5.87. The largest absolute Gasteiger partial charge is 0.494 e. The van der Waals surface area contributed by atoms with Crippen LogP contribution >= 0.6 is 0 Å². The summed E-state index contributed by atoms with van der Waals surface area (Å²) in [6.45, 7) is 7.40. The van der Waals surface area contributed by atoms with E-state index in [0.29, 0.717) is 41.4 Å². The first-order valence-corrected chi connectivity index (χ1v) is 14.1. The van der Waals surface area contributed by atoms with Gasteiger partial charge in [0, 0.05) is 18.6 Å². The normalized spacial score (nSPS) is 10.6. The number of hydrogen-bond acceptors (Lipinski definition) is 10. The molecule has 0 aliphatic rings. The second kappa shape index (κ2) is 19.5. The van der Waals surface area contributed by atoms with E-state index in [9.17, 15) is 19.2 Å². The van der Waals surface area contributed by atoms with Crippen LogP contribution in [0.3, 0.4) is 0 Å². The van der Waals surface area contributed by atoms with Crippen LogP contribution in [0.25, 0.3) is 6.08 Å². The van der Waals surface area contributed by atoms with Crippen LogP contribution in [0.2, 0.25) is 0 Å². The van der Waals surface area contributed by atoms with Gasteiger partial charge in [-0.3, -0.25) is 4.79 Å². The van der Waals surface area contributed by atoms with Crippen LogP contribution < -0.4 is 14.2 Å². The molecule has 0 heterocycles. The molecule has 0 unspecified atom stereocenters. The van der Waals surface area contributed by atoms with E-state index in [1.165, 1.54) is 26.2 Å². The molecule has 0 saturated heterocycles. The van der Waals surface area contributed by atoms with E-state index in [4.69, 9.17) is 28.4 Å². The Balaban J connectivity index is 1.71. The molecular formula is C33H40O10. The van der Waals surface area contributed by atoms with Crippen LogP contribution in [-0.2, 0) is 28.6 Å². The fourth-order valence-electron chi connectivity index (χ4n) is 3.65. The van der Waals surface area contributed by atoms with Crippen molar-refractivity contribution >= 4 is 30.0 Å². The highest BCUT2D eigenvalue weighted by Gasteiger charge is 2.13. The summed E-state index contributed by atoms with van der Waals surface area (Å²) in [5.41, 5.74) is 1.39. The second-order valence-corrected chi connectivity index (χ2v) is 9.55. The Hall–Kier alpha value is -4.60. The maximum atomic E-state index is 12.7. The number of hydrogen-bond donors (Lipinski definition) is 0. The summed E-state index contributed by atoms with van der Waals surface area (Å²) in [5, 5.41) is 0. The number of rotatable bonds is 19. The SMILES string of the molecule is C=C(C)C(=O)OCCCCCCCCOc1ccc(C(=O)Oc2ccc(/C=C/C(=O)OCCOC(C)=O)cc2OC)cc1. The van der Waals surface area contributed by atoms with Crippen LogP contribution in [0.5, 0.6) is 17.2 Å². The molecule has 0 aliphatic carbocycles. The van der Waals surface area contributed by atoms with Crippen molar-refractivity contribution in [2.75, 3.05) is 33.5 Å². The molecule has 0 radical (unpaired) electrons. The minimum Gasteiger partial charge on any atom is -0.494 e. The molecule has 0 aliphatic heterocycles. The Morgan fingerprint density at radius 3 is 2.05 bits per heavy atom. The number of carbonyl (C=O) groups excluding carboxylic acids is 4. The maximum absolute atomic E-state index is 12.7. The van der Waals surface area contributed by atoms with Crippen LogP contribution in [0.15, 0.2) is 60.7 Å². The Kier molecular flexibility index (Phi) is 15.7. The number of carbonyl (C=O) groups is 4.